The van der Waals surface area contributed by atoms with Crippen LogP contribution in [-0.4, -0.2) is 41.7 Å². The normalized spacial score (nSPS) is 18.5. The number of aromatic nitrogens is 2. The van der Waals surface area contributed by atoms with Crippen LogP contribution >= 0.6 is 11.3 Å². The van der Waals surface area contributed by atoms with Gasteiger partial charge in [-0.15, -0.1) is 0 Å². The Morgan fingerprint density at radius 3 is 2.37 bits per heavy atom. The Hall–Kier alpha value is -3.14. The zero-order valence-corrected chi connectivity index (χ0v) is 23.7. The van der Waals surface area contributed by atoms with Crippen LogP contribution in [0, 0.1) is 25.7 Å². The number of benzene rings is 2. The molecular weight excluding hydrogens is 516 g/mol. The summed E-state index contributed by atoms with van der Waals surface area (Å²) in [6, 6.07) is 16.0. The molecule has 0 unspecified atom stereocenters. The van der Waals surface area contributed by atoms with Crippen molar-refractivity contribution in [2.75, 3.05) is 18.0 Å². The highest BCUT2D eigenvalue weighted by atomic mass is 32.2. The molecule has 1 aliphatic heterocycles. The molecule has 9 heteroatoms. The van der Waals surface area contributed by atoms with Crippen LogP contribution in [-0.2, 0) is 16.6 Å². The molecule has 3 heterocycles. The van der Waals surface area contributed by atoms with E-state index in [1.807, 2.05) is 31.2 Å². The summed E-state index contributed by atoms with van der Waals surface area (Å²) in [5.74, 6) is 0.374. The number of rotatable bonds is 6. The predicted molar refractivity (Wildman–Crippen MR) is 152 cm³/mol. The molecule has 1 saturated heterocycles. The molecule has 2 aromatic carbocycles. The molecular formula is C29H32N4O3S2. The van der Waals surface area contributed by atoms with Crippen molar-refractivity contribution < 1.29 is 13.2 Å². The van der Waals surface area contributed by atoms with Crippen molar-refractivity contribution in [3.05, 3.63) is 83.2 Å². The van der Waals surface area contributed by atoms with Gasteiger partial charge in [-0.3, -0.25) is 14.7 Å². The van der Waals surface area contributed by atoms with E-state index in [1.54, 1.807) is 27.5 Å². The maximum absolute atomic E-state index is 13.8. The highest BCUT2D eigenvalue weighted by Crippen LogP contribution is 2.33. The number of fused-ring (bicyclic) bond motifs is 1. The van der Waals surface area contributed by atoms with Gasteiger partial charge >= 0.3 is 0 Å². The number of piperidine rings is 1. The molecule has 1 aliphatic rings. The van der Waals surface area contributed by atoms with Gasteiger partial charge in [0.15, 0.2) is 5.13 Å². The summed E-state index contributed by atoms with van der Waals surface area (Å²) in [6.45, 7) is 9.56. The van der Waals surface area contributed by atoms with Crippen molar-refractivity contribution >= 4 is 42.6 Å². The largest absolute Gasteiger partial charge is 0.278 e. The summed E-state index contributed by atoms with van der Waals surface area (Å²) in [6.07, 6.45) is 2.72. The number of carbonyl (C=O) groups excluding carboxylic acids is 1. The maximum atomic E-state index is 13.8. The number of nitrogens with zero attached hydrogens (tertiary/aromatic N) is 4. The molecule has 0 aliphatic carbocycles. The standard InChI is InChI=1S/C29H32N4O3S2/c1-19-13-20(2)17-32(16-19)38(35,36)25-10-8-23(9-11-25)28(34)33(18-24-7-5-6-12-30-24)29-31-26-14-21(3)22(4)15-27(26)37-29/h5-12,14-15,19-20H,13,16-18H2,1-4H3/t19-,20-/m0/s1. The van der Waals surface area contributed by atoms with E-state index in [2.05, 4.69) is 31.8 Å². The molecule has 2 aromatic heterocycles. The fraction of sp³-hybridized carbons (Fsp3) is 0.345. The predicted octanol–water partition coefficient (Wildman–Crippen LogP) is 5.82. The maximum Gasteiger partial charge on any atom is 0.260 e. The van der Waals surface area contributed by atoms with Crippen LogP contribution in [0.4, 0.5) is 5.13 Å². The van der Waals surface area contributed by atoms with E-state index < -0.39 is 10.0 Å². The molecule has 0 saturated carbocycles. The Labute approximate surface area is 228 Å². The van der Waals surface area contributed by atoms with Gasteiger partial charge in [0.2, 0.25) is 10.0 Å². The topological polar surface area (TPSA) is 83.5 Å². The van der Waals surface area contributed by atoms with Crippen LogP contribution in [0.5, 0.6) is 0 Å². The minimum Gasteiger partial charge on any atom is -0.278 e. The zero-order valence-electron chi connectivity index (χ0n) is 22.1. The number of amides is 1. The third-order valence-corrected chi connectivity index (χ3v) is 9.98. The van der Waals surface area contributed by atoms with E-state index >= 15 is 0 Å². The van der Waals surface area contributed by atoms with Crippen molar-refractivity contribution in [3.8, 4) is 0 Å². The van der Waals surface area contributed by atoms with Crippen LogP contribution in [0.25, 0.3) is 10.2 Å². The molecule has 38 heavy (non-hydrogen) atoms. The van der Waals surface area contributed by atoms with E-state index in [-0.39, 0.29) is 17.3 Å². The van der Waals surface area contributed by atoms with E-state index in [0.29, 0.717) is 35.6 Å². The van der Waals surface area contributed by atoms with Gasteiger partial charge in [0.1, 0.15) is 0 Å². The Kier molecular flexibility index (Phi) is 7.35. The number of thiazole rings is 1. The average molecular weight is 549 g/mol. The minimum absolute atomic E-state index is 0.206. The van der Waals surface area contributed by atoms with Gasteiger partial charge in [-0.2, -0.15) is 4.31 Å². The van der Waals surface area contributed by atoms with Crippen molar-refractivity contribution in [3.63, 3.8) is 0 Å². The average Bonchev–Trinajstić information content (AvgIpc) is 3.29. The molecule has 1 fully saturated rings. The molecule has 4 aromatic rings. The second-order valence-corrected chi connectivity index (χ2v) is 13.4. The van der Waals surface area contributed by atoms with Gasteiger partial charge in [0.25, 0.3) is 5.91 Å². The lowest BCUT2D eigenvalue weighted by atomic mass is 9.94. The molecule has 198 valence electrons. The van der Waals surface area contributed by atoms with Crippen LogP contribution < -0.4 is 4.90 Å². The van der Waals surface area contributed by atoms with Crippen molar-refractivity contribution in [1.82, 2.24) is 14.3 Å². The highest BCUT2D eigenvalue weighted by Gasteiger charge is 2.32. The quantitative estimate of drug-likeness (QED) is 0.303. The first-order valence-corrected chi connectivity index (χ1v) is 15.1. The van der Waals surface area contributed by atoms with E-state index in [1.165, 1.54) is 29.0 Å². The summed E-state index contributed by atoms with van der Waals surface area (Å²) >= 11 is 1.46. The number of hydrogen-bond donors (Lipinski definition) is 0. The Morgan fingerprint density at radius 1 is 1.03 bits per heavy atom. The second-order valence-electron chi connectivity index (χ2n) is 10.4. The molecule has 0 N–H and O–H groups in total. The van der Waals surface area contributed by atoms with Crippen molar-refractivity contribution in [1.29, 1.82) is 0 Å². The van der Waals surface area contributed by atoms with Gasteiger partial charge in [-0.25, -0.2) is 13.4 Å². The number of anilines is 1. The summed E-state index contributed by atoms with van der Waals surface area (Å²) in [5.41, 5.74) is 4.29. The highest BCUT2D eigenvalue weighted by molar-refractivity contribution is 7.89. The van der Waals surface area contributed by atoms with Crippen LogP contribution in [0.15, 0.2) is 65.7 Å². The fourth-order valence-corrected chi connectivity index (χ4v) is 7.76. The van der Waals surface area contributed by atoms with Crippen LogP contribution in [0.1, 0.15) is 47.4 Å². The van der Waals surface area contributed by atoms with Crippen molar-refractivity contribution in [2.24, 2.45) is 11.8 Å². The second kappa shape index (κ2) is 10.6. The SMILES string of the molecule is Cc1cc2nc(N(Cc3ccccn3)C(=O)c3ccc(S(=O)(=O)N4C[C@@H](C)C[C@H](C)C4)cc3)sc2cc1C. The summed E-state index contributed by atoms with van der Waals surface area (Å²) in [5, 5.41) is 0.577. The van der Waals surface area contributed by atoms with Crippen molar-refractivity contribution in [2.45, 2.75) is 45.6 Å². The number of sulfonamides is 1. The van der Waals surface area contributed by atoms with Crippen LogP contribution in [0.3, 0.4) is 0 Å². The van der Waals surface area contributed by atoms with Gasteiger partial charge in [-0.1, -0.05) is 31.3 Å². The minimum atomic E-state index is -3.63. The van der Waals surface area contributed by atoms with Gasteiger partial charge in [0, 0.05) is 24.8 Å². The van der Waals surface area contributed by atoms with E-state index in [0.717, 1.165) is 27.9 Å². The molecule has 7 nitrogen and oxygen atoms in total. The van der Waals surface area contributed by atoms with E-state index in [9.17, 15) is 13.2 Å². The van der Waals surface area contributed by atoms with Crippen LogP contribution in [0.2, 0.25) is 0 Å². The molecule has 5 rings (SSSR count). The smallest absolute Gasteiger partial charge is 0.260 e. The number of hydrogen-bond acceptors (Lipinski definition) is 6. The summed E-state index contributed by atoms with van der Waals surface area (Å²) in [4.78, 5) is 24.8. The third-order valence-electron chi connectivity index (χ3n) is 7.09. The Bertz CT molecular complexity index is 1520. The van der Waals surface area contributed by atoms with Gasteiger partial charge < -0.3 is 0 Å². The molecule has 0 radical (unpaired) electrons. The third kappa shape index (κ3) is 5.36. The lowest BCUT2D eigenvalue weighted by Gasteiger charge is -2.34. The molecule has 0 spiro atoms. The monoisotopic (exact) mass is 548 g/mol. The number of aryl methyl sites for hydroxylation is 2. The number of pyridine rings is 1. The zero-order chi connectivity index (χ0) is 27.0. The Balaban J connectivity index is 1.46. The summed E-state index contributed by atoms with van der Waals surface area (Å²) < 4.78 is 29.2. The molecule has 2 atom stereocenters. The van der Waals surface area contributed by atoms with Gasteiger partial charge in [0.05, 0.1) is 27.4 Å². The summed E-state index contributed by atoms with van der Waals surface area (Å²) in [7, 11) is -3.63. The lowest BCUT2D eigenvalue weighted by Crippen LogP contribution is -2.42. The Morgan fingerprint density at radius 2 is 1.71 bits per heavy atom. The van der Waals surface area contributed by atoms with E-state index in [4.69, 9.17) is 4.98 Å². The first-order chi connectivity index (χ1) is 18.1. The molecule has 0 bridgehead atoms. The number of carbonyl (C=O) groups is 1. The fourth-order valence-electron chi connectivity index (χ4n) is 5.04. The van der Waals surface area contributed by atoms with Gasteiger partial charge in [-0.05, 0) is 91.8 Å². The first-order valence-electron chi connectivity index (χ1n) is 12.8. The lowest BCUT2D eigenvalue weighted by molar-refractivity contribution is 0.0984. The first kappa shape index (κ1) is 26.5. The molecule has 1 amide bonds.